The summed E-state index contributed by atoms with van der Waals surface area (Å²) in [5.74, 6) is 0.165. The molecule has 0 saturated carbocycles. The number of benzene rings is 1. The second kappa shape index (κ2) is 9.00. The first-order valence-corrected chi connectivity index (χ1v) is 13.1. The van der Waals surface area contributed by atoms with Crippen LogP contribution < -0.4 is 5.73 Å². The van der Waals surface area contributed by atoms with Gasteiger partial charge in [0.15, 0.2) is 17.7 Å². The number of halogens is 1. The first-order chi connectivity index (χ1) is 16.9. The van der Waals surface area contributed by atoms with E-state index in [9.17, 15) is 14.8 Å². The molecule has 1 aromatic carbocycles. The number of phosphoric acid groups is 1. The molecule has 0 bridgehead atoms. The third-order valence-electron chi connectivity index (χ3n) is 6.30. The maximum atomic E-state index is 13.5. The molecule has 2 aliphatic rings. The number of anilines is 1. The van der Waals surface area contributed by atoms with E-state index in [2.05, 4.69) is 15.0 Å². The largest absolute Gasteiger partial charge is 0.476 e. The van der Waals surface area contributed by atoms with Crippen LogP contribution in [0.1, 0.15) is 45.1 Å². The van der Waals surface area contributed by atoms with E-state index >= 15 is 0 Å². The number of nitrogen functional groups attached to an aromatic ring is 1. The highest BCUT2D eigenvalue weighted by Gasteiger charge is 2.55. The van der Waals surface area contributed by atoms with Crippen molar-refractivity contribution in [2.24, 2.45) is 0 Å². The van der Waals surface area contributed by atoms with Crippen LogP contribution in [0.2, 0.25) is 5.02 Å². The van der Waals surface area contributed by atoms with Crippen LogP contribution in [0.5, 0.6) is 0 Å². The Morgan fingerprint density at radius 2 is 2.08 bits per heavy atom. The molecule has 2 fully saturated rings. The lowest BCUT2D eigenvalue weighted by Gasteiger charge is -2.39. The lowest BCUT2D eigenvalue weighted by atomic mass is 9.96. The van der Waals surface area contributed by atoms with Crippen molar-refractivity contribution in [3.8, 4) is 0 Å². The van der Waals surface area contributed by atoms with E-state index in [0.29, 0.717) is 22.6 Å². The van der Waals surface area contributed by atoms with Gasteiger partial charge in [-0.05, 0) is 38.5 Å². The van der Waals surface area contributed by atoms with E-state index in [1.165, 1.54) is 24.1 Å². The van der Waals surface area contributed by atoms with Crippen molar-refractivity contribution in [3.05, 3.63) is 47.5 Å². The maximum absolute atomic E-state index is 13.5. The van der Waals surface area contributed by atoms with Gasteiger partial charge >= 0.3 is 7.82 Å². The third kappa shape index (κ3) is 4.64. The van der Waals surface area contributed by atoms with Crippen molar-refractivity contribution in [2.45, 2.75) is 62.9 Å². The van der Waals surface area contributed by atoms with Crippen molar-refractivity contribution in [1.82, 2.24) is 19.5 Å². The molecule has 2 aliphatic heterocycles. The van der Waals surface area contributed by atoms with Crippen molar-refractivity contribution in [2.75, 3.05) is 12.3 Å². The summed E-state index contributed by atoms with van der Waals surface area (Å²) >= 11 is 6.12. The normalized spacial score (nSPS) is 34.3. The van der Waals surface area contributed by atoms with Gasteiger partial charge in [-0.1, -0.05) is 23.7 Å². The lowest BCUT2D eigenvalue weighted by Crippen LogP contribution is -2.44. The van der Waals surface area contributed by atoms with Gasteiger partial charge in [0, 0.05) is 11.4 Å². The molecule has 0 amide bonds. The van der Waals surface area contributed by atoms with E-state index in [-0.39, 0.29) is 12.4 Å². The quantitative estimate of drug-likeness (QED) is 0.408. The molecule has 12 nitrogen and oxygen atoms in total. The van der Waals surface area contributed by atoms with E-state index in [0.717, 1.165) is 5.56 Å². The molecular formula is C22H27ClN5O7P. The Hall–Kier alpha value is -2.15. The smallest absolute Gasteiger partial charge is 0.387 e. The van der Waals surface area contributed by atoms with Crippen LogP contribution in [0.15, 0.2) is 36.9 Å². The van der Waals surface area contributed by atoms with E-state index < -0.39 is 43.6 Å². The lowest BCUT2D eigenvalue weighted by molar-refractivity contribution is -0.0967. The number of ether oxygens (including phenoxy) is 1. The Bertz CT molecular complexity index is 1340. The summed E-state index contributed by atoms with van der Waals surface area (Å²) in [6.07, 6.45) is -1.10. The number of phosphoric ester groups is 1. The van der Waals surface area contributed by atoms with Crippen LogP contribution in [0.4, 0.5) is 5.82 Å². The molecule has 5 rings (SSSR count). The molecule has 6 atom stereocenters. The third-order valence-corrected chi connectivity index (χ3v) is 8.23. The van der Waals surface area contributed by atoms with E-state index in [1.54, 1.807) is 32.0 Å². The second-order valence-corrected chi connectivity index (χ2v) is 11.7. The molecule has 2 aromatic heterocycles. The summed E-state index contributed by atoms with van der Waals surface area (Å²) < 4.78 is 38.0. The molecule has 2 saturated heterocycles. The number of rotatable bonds is 5. The van der Waals surface area contributed by atoms with Crippen molar-refractivity contribution in [1.29, 1.82) is 0 Å². The number of aromatic nitrogens is 4. The number of hydrogen-bond acceptors (Lipinski definition) is 11. The van der Waals surface area contributed by atoms with Gasteiger partial charge in [-0.3, -0.25) is 18.1 Å². The van der Waals surface area contributed by atoms with Gasteiger partial charge in [0.25, 0.3) is 0 Å². The highest BCUT2D eigenvalue weighted by Crippen LogP contribution is 2.62. The monoisotopic (exact) mass is 539 g/mol. The Kier molecular flexibility index (Phi) is 6.37. The maximum Gasteiger partial charge on any atom is 0.476 e. The Morgan fingerprint density at radius 1 is 1.31 bits per heavy atom. The number of nitrogens with zero attached hydrogens (tertiary/aromatic N) is 4. The molecule has 4 N–H and O–H groups in total. The topological polar surface area (TPSA) is 164 Å². The summed E-state index contributed by atoms with van der Waals surface area (Å²) in [6.45, 7) is 4.59. The van der Waals surface area contributed by atoms with Gasteiger partial charge in [-0.25, -0.2) is 19.5 Å². The van der Waals surface area contributed by atoms with Crippen molar-refractivity contribution < 1.29 is 33.1 Å². The van der Waals surface area contributed by atoms with Crippen LogP contribution in [-0.4, -0.2) is 59.7 Å². The summed E-state index contributed by atoms with van der Waals surface area (Å²) in [7, 11) is -4.09. The number of imidazole rings is 1. The van der Waals surface area contributed by atoms with Gasteiger partial charge in [-0.15, -0.1) is 0 Å². The molecule has 4 heterocycles. The Balaban J connectivity index is 1.35. The number of nitrogens with two attached hydrogens (primary N) is 1. The minimum atomic E-state index is -4.09. The van der Waals surface area contributed by atoms with Crippen LogP contribution in [-0.2, 0) is 22.9 Å². The zero-order valence-electron chi connectivity index (χ0n) is 19.8. The van der Waals surface area contributed by atoms with E-state index in [4.69, 9.17) is 35.6 Å². The van der Waals surface area contributed by atoms with Gasteiger partial charge in [0.05, 0.1) is 24.6 Å². The molecule has 0 spiro atoms. The molecular weight excluding hydrogens is 513 g/mol. The zero-order valence-corrected chi connectivity index (χ0v) is 21.5. The highest BCUT2D eigenvalue weighted by atomic mass is 35.5. The van der Waals surface area contributed by atoms with Crippen LogP contribution in [0.25, 0.3) is 11.2 Å². The van der Waals surface area contributed by atoms with Crippen LogP contribution in [0.3, 0.4) is 0 Å². The molecule has 2 unspecified atom stereocenters. The summed E-state index contributed by atoms with van der Waals surface area (Å²) in [5.41, 5.74) is 4.63. The van der Waals surface area contributed by atoms with E-state index in [1.807, 2.05) is 6.07 Å². The minimum absolute atomic E-state index is 0.165. The second-order valence-electron chi connectivity index (χ2n) is 9.73. The number of fused-ring (bicyclic) bond motifs is 1. The minimum Gasteiger partial charge on any atom is -0.387 e. The first kappa shape index (κ1) is 25.5. The molecule has 0 radical (unpaired) electrons. The fraction of sp³-hybridized carbons (Fsp3) is 0.500. The number of aliphatic hydroxyl groups is 2. The predicted molar refractivity (Wildman–Crippen MR) is 129 cm³/mol. The predicted octanol–water partition coefficient (Wildman–Crippen LogP) is 3.15. The van der Waals surface area contributed by atoms with Gasteiger partial charge in [0.1, 0.15) is 29.7 Å². The summed E-state index contributed by atoms with van der Waals surface area (Å²) in [4.78, 5) is 12.2. The van der Waals surface area contributed by atoms with Crippen molar-refractivity contribution in [3.63, 3.8) is 0 Å². The molecule has 0 aliphatic carbocycles. The van der Waals surface area contributed by atoms with Gasteiger partial charge in [-0.2, -0.15) is 0 Å². The highest BCUT2D eigenvalue weighted by molar-refractivity contribution is 7.48. The molecule has 36 heavy (non-hydrogen) atoms. The van der Waals surface area contributed by atoms with Crippen LogP contribution in [0, 0.1) is 0 Å². The van der Waals surface area contributed by atoms with Crippen molar-refractivity contribution >= 4 is 36.4 Å². The Labute approximate surface area is 211 Å². The number of hydrogen-bond donors (Lipinski definition) is 3. The van der Waals surface area contributed by atoms with Crippen LogP contribution >= 0.6 is 19.4 Å². The fourth-order valence-electron chi connectivity index (χ4n) is 4.53. The molecule has 3 aromatic rings. The first-order valence-electron chi connectivity index (χ1n) is 11.3. The average Bonchev–Trinajstić information content (AvgIpc) is 3.31. The number of aliphatic hydroxyl groups excluding tert-OH is 1. The summed E-state index contributed by atoms with van der Waals surface area (Å²) in [6, 6.07) is 7.06. The average molecular weight is 540 g/mol. The molecule has 14 heteroatoms. The zero-order chi connectivity index (χ0) is 25.9. The summed E-state index contributed by atoms with van der Waals surface area (Å²) in [5, 5.41) is 22.5. The fourth-order valence-corrected chi connectivity index (χ4v) is 6.40. The standard InChI is InChI=1S/C22H27ClN5O7P/c1-21(2)8-14(12-5-4-6-13(23)7-12)34-36(31,35-21)32-9-15-17(29)22(3,30)20(33-15)28-11-27-16-18(24)25-10-26-19(16)28/h4-7,10-11,14-15,17,20,29-30H,8-9H2,1-3H3,(H2,24,25,26)/t14?,15-,17-,20-,22-,36?/m1/s1. The molecule has 194 valence electrons. The van der Waals surface area contributed by atoms with Gasteiger partial charge < -0.3 is 20.7 Å². The Morgan fingerprint density at radius 3 is 2.83 bits per heavy atom. The SMILES string of the molecule is CC1(C)CC(c2cccc(Cl)c2)OP(=O)(OC[C@H]2O[C@@H](n3cnc4c(N)ncnc43)[C@](C)(O)[C@@H]2O)O1. The van der Waals surface area contributed by atoms with Gasteiger partial charge in [0.2, 0.25) is 0 Å².